The fraction of sp³-hybridized carbons (Fsp3) is 0.286. The molecular formula is C14H16Cl2N2O. The number of hydrogen-bond donors (Lipinski definition) is 2. The van der Waals surface area contributed by atoms with Crippen molar-refractivity contribution in [3.63, 3.8) is 0 Å². The summed E-state index contributed by atoms with van der Waals surface area (Å²) in [4.78, 5) is 0. The van der Waals surface area contributed by atoms with E-state index in [1.54, 1.807) is 6.26 Å². The maximum absolute atomic E-state index is 6.16. The van der Waals surface area contributed by atoms with Crippen molar-refractivity contribution in [2.45, 2.75) is 25.3 Å². The lowest BCUT2D eigenvalue weighted by atomic mass is 10.0. The van der Waals surface area contributed by atoms with E-state index in [2.05, 4.69) is 5.43 Å². The van der Waals surface area contributed by atoms with Crippen molar-refractivity contribution < 1.29 is 4.42 Å². The maximum atomic E-state index is 6.16. The summed E-state index contributed by atoms with van der Waals surface area (Å²) >= 11 is 12.3. The average Bonchev–Trinajstić information content (AvgIpc) is 2.91. The van der Waals surface area contributed by atoms with E-state index in [0.29, 0.717) is 16.5 Å². The van der Waals surface area contributed by atoms with Gasteiger partial charge in [-0.3, -0.25) is 11.3 Å². The molecule has 0 bridgehead atoms. The molecule has 1 unspecified atom stereocenters. The lowest BCUT2D eigenvalue weighted by molar-refractivity contribution is 0.447. The standard InChI is InChI=1S/C14H16Cl2N2O/c15-13-4-1-5-14(16)12(13)9-10(18-17)6-7-11-3-2-8-19-11/h1-5,8,10,18H,6-7,9,17H2. The molecule has 1 heterocycles. The number of furan rings is 1. The van der Waals surface area contributed by atoms with Gasteiger partial charge in [0.05, 0.1) is 6.26 Å². The van der Waals surface area contributed by atoms with Crippen LogP contribution in [-0.2, 0) is 12.8 Å². The van der Waals surface area contributed by atoms with Crippen LogP contribution in [0.5, 0.6) is 0 Å². The first kappa shape index (κ1) is 14.4. The van der Waals surface area contributed by atoms with Crippen LogP contribution in [0.3, 0.4) is 0 Å². The number of hydrogen-bond acceptors (Lipinski definition) is 3. The molecule has 3 nitrogen and oxygen atoms in total. The minimum atomic E-state index is 0.0995. The van der Waals surface area contributed by atoms with Crippen molar-refractivity contribution in [1.29, 1.82) is 0 Å². The Hall–Kier alpha value is -1.00. The molecule has 5 heteroatoms. The molecule has 0 saturated heterocycles. The second-order valence-electron chi connectivity index (χ2n) is 4.39. The van der Waals surface area contributed by atoms with Crippen molar-refractivity contribution >= 4 is 23.2 Å². The van der Waals surface area contributed by atoms with Crippen LogP contribution in [0.1, 0.15) is 17.7 Å². The second kappa shape index (κ2) is 6.96. The predicted molar refractivity (Wildman–Crippen MR) is 78.3 cm³/mol. The predicted octanol–water partition coefficient (Wildman–Crippen LogP) is 3.59. The van der Waals surface area contributed by atoms with Crippen LogP contribution in [0.2, 0.25) is 10.0 Å². The number of hydrazine groups is 1. The summed E-state index contributed by atoms with van der Waals surface area (Å²) in [6, 6.07) is 9.44. The largest absolute Gasteiger partial charge is 0.469 e. The molecule has 3 N–H and O–H groups in total. The summed E-state index contributed by atoms with van der Waals surface area (Å²) in [5.41, 5.74) is 3.73. The van der Waals surface area contributed by atoms with Crippen LogP contribution in [-0.4, -0.2) is 6.04 Å². The Balaban J connectivity index is 1.98. The number of benzene rings is 1. The fourth-order valence-corrected chi connectivity index (χ4v) is 2.54. The molecule has 1 aromatic carbocycles. The molecule has 0 aliphatic carbocycles. The van der Waals surface area contributed by atoms with Gasteiger partial charge in [0.25, 0.3) is 0 Å². The molecule has 19 heavy (non-hydrogen) atoms. The Kier molecular flexibility index (Phi) is 5.28. The van der Waals surface area contributed by atoms with Crippen LogP contribution in [0, 0.1) is 0 Å². The zero-order valence-electron chi connectivity index (χ0n) is 10.4. The van der Waals surface area contributed by atoms with Crippen molar-refractivity contribution in [3.8, 4) is 0 Å². The van der Waals surface area contributed by atoms with E-state index >= 15 is 0 Å². The van der Waals surface area contributed by atoms with Gasteiger partial charge in [0.15, 0.2) is 0 Å². The van der Waals surface area contributed by atoms with Crippen molar-refractivity contribution in [1.82, 2.24) is 5.43 Å². The maximum Gasteiger partial charge on any atom is 0.103 e. The lowest BCUT2D eigenvalue weighted by Crippen LogP contribution is -2.37. The zero-order chi connectivity index (χ0) is 13.7. The minimum Gasteiger partial charge on any atom is -0.469 e. The highest BCUT2D eigenvalue weighted by molar-refractivity contribution is 6.35. The lowest BCUT2D eigenvalue weighted by Gasteiger charge is -2.17. The third kappa shape index (κ3) is 3.98. The summed E-state index contributed by atoms with van der Waals surface area (Å²) in [6.07, 6.45) is 4.04. The van der Waals surface area contributed by atoms with E-state index in [0.717, 1.165) is 24.2 Å². The van der Waals surface area contributed by atoms with E-state index < -0.39 is 0 Å². The molecule has 1 atom stereocenters. The Morgan fingerprint density at radius 1 is 1.16 bits per heavy atom. The van der Waals surface area contributed by atoms with Gasteiger partial charge in [0, 0.05) is 22.5 Å². The van der Waals surface area contributed by atoms with E-state index in [-0.39, 0.29) is 6.04 Å². The van der Waals surface area contributed by atoms with E-state index in [1.165, 1.54) is 0 Å². The highest BCUT2D eigenvalue weighted by atomic mass is 35.5. The van der Waals surface area contributed by atoms with Crippen LogP contribution >= 0.6 is 23.2 Å². The Morgan fingerprint density at radius 3 is 2.47 bits per heavy atom. The summed E-state index contributed by atoms with van der Waals surface area (Å²) in [5, 5.41) is 1.34. The van der Waals surface area contributed by atoms with Gasteiger partial charge >= 0.3 is 0 Å². The first-order valence-electron chi connectivity index (χ1n) is 6.12. The molecule has 0 radical (unpaired) electrons. The molecule has 2 rings (SSSR count). The Labute approximate surface area is 122 Å². The first-order chi connectivity index (χ1) is 9.20. The van der Waals surface area contributed by atoms with Crippen LogP contribution in [0.25, 0.3) is 0 Å². The van der Waals surface area contributed by atoms with Gasteiger partial charge < -0.3 is 4.42 Å². The summed E-state index contributed by atoms with van der Waals surface area (Å²) < 4.78 is 5.31. The molecule has 102 valence electrons. The van der Waals surface area contributed by atoms with Gasteiger partial charge in [-0.1, -0.05) is 29.3 Å². The number of nitrogens with two attached hydrogens (primary N) is 1. The van der Waals surface area contributed by atoms with Gasteiger partial charge in [-0.05, 0) is 42.7 Å². The molecule has 0 spiro atoms. The Morgan fingerprint density at radius 2 is 1.89 bits per heavy atom. The van der Waals surface area contributed by atoms with Gasteiger partial charge in [-0.15, -0.1) is 0 Å². The fourth-order valence-electron chi connectivity index (χ4n) is 1.99. The molecular weight excluding hydrogens is 283 g/mol. The molecule has 2 aromatic rings. The highest BCUT2D eigenvalue weighted by Crippen LogP contribution is 2.26. The quantitative estimate of drug-likeness (QED) is 0.633. The molecule has 1 aromatic heterocycles. The van der Waals surface area contributed by atoms with Gasteiger partial charge in [-0.25, -0.2) is 0 Å². The van der Waals surface area contributed by atoms with Gasteiger partial charge in [-0.2, -0.15) is 0 Å². The third-order valence-electron chi connectivity index (χ3n) is 3.07. The molecule has 0 fully saturated rings. The molecule has 0 saturated carbocycles. The van der Waals surface area contributed by atoms with Gasteiger partial charge in [0.2, 0.25) is 0 Å². The number of nitrogens with one attached hydrogen (secondary N) is 1. The Bertz CT molecular complexity index is 494. The molecule has 0 aliphatic rings. The summed E-state index contributed by atoms with van der Waals surface area (Å²) in [7, 11) is 0. The van der Waals surface area contributed by atoms with Crippen molar-refractivity contribution in [2.24, 2.45) is 5.84 Å². The van der Waals surface area contributed by atoms with Crippen LogP contribution in [0.15, 0.2) is 41.0 Å². The summed E-state index contributed by atoms with van der Waals surface area (Å²) in [6.45, 7) is 0. The SMILES string of the molecule is NNC(CCc1ccco1)Cc1c(Cl)cccc1Cl. The molecule has 0 aliphatic heterocycles. The normalized spacial score (nSPS) is 12.6. The smallest absolute Gasteiger partial charge is 0.103 e. The van der Waals surface area contributed by atoms with E-state index in [4.69, 9.17) is 33.5 Å². The number of halogens is 2. The third-order valence-corrected chi connectivity index (χ3v) is 3.78. The van der Waals surface area contributed by atoms with Crippen LogP contribution in [0.4, 0.5) is 0 Å². The van der Waals surface area contributed by atoms with E-state index in [9.17, 15) is 0 Å². The zero-order valence-corrected chi connectivity index (χ0v) is 11.9. The molecule has 0 amide bonds. The van der Waals surface area contributed by atoms with Crippen LogP contribution < -0.4 is 11.3 Å². The van der Waals surface area contributed by atoms with E-state index in [1.807, 2.05) is 30.3 Å². The van der Waals surface area contributed by atoms with Gasteiger partial charge in [0.1, 0.15) is 5.76 Å². The topological polar surface area (TPSA) is 51.2 Å². The highest BCUT2D eigenvalue weighted by Gasteiger charge is 2.13. The number of rotatable bonds is 6. The van der Waals surface area contributed by atoms with Crippen molar-refractivity contribution in [3.05, 3.63) is 58.0 Å². The average molecular weight is 299 g/mol. The summed E-state index contributed by atoms with van der Waals surface area (Å²) in [5.74, 6) is 6.54. The second-order valence-corrected chi connectivity index (χ2v) is 5.20. The number of aryl methyl sites for hydroxylation is 1. The monoisotopic (exact) mass is 298 g/mol. The van der Waals surface area contributed by atoms with Crippen molar-refractivity contribution in [2.75, 3.05) is 0 Å². The minimum absolute atomic E-state index is 0.0995. The first-order valence-corrected chi connectivity index (χ1v) is 6.87.